The van der Waals surface area contributed by atoms with Gasteiger partial charge in [0.1, 0.15) is 5.75 Å². The van der Waals surface area contributed by atoms with Gasteiger partial charge < -0.3 is 10.4 Å². The molecule has 0 amide bonds. The molecule has 0 spiro atoms. The van der Waals surface area contributed by atoms with Gasteiger partial charge in [0.05, 0.1) is 10.6 Å². The van der Waals surface area contributed by atoms with Crippen LogP contribution in [0.4, 0.5) is 5.69 Å². The van der Waals surface area contributed by atoms with E-state index in [9.17, 15) is 15.2 Å². The number of nitrogens with one attached hydrogen (secondary N) is 1. The molecule has 1 unspecified atom stereocenters. The summed E-state index contributed by atoms with van der Waals surface area (Å²) >= 11 is 0. The number of aromatic hydroxyl groups is 1. The van der Waals surface area contributed by atoms with Crippen molar-refractivity contribution in [2.24, 2.45) is 7.05 Å². The SMILES string of the molecule is CC(Cc1ccc(O)cc1)NCc1cn(C)nc1-c1ccc([N+](=O)[O-])cc1. The second-order valence-corrected chi connectivity index (χ2v) is 6.63. The molecule has 0 radical (unpaired) electrons. The maximum Gasteiger partial charge on any atom is 0.269 e. The molecule has 0 aliphatic heterocycles. The predicted octanol–water partition coefficient (Wildman–Crippen LogP) is 3.42. The maximum atomic E-state index is 10.8. The van der Waals surface area contributed by atoms with E-state index < -0.39 is 4.92 Å². The van der Waals surface area contributed by atoms with E-state index in [-0.39, 0.29) is 17.5 Å². The first kappa shape index (κ1) is 18.6. The van der Waals surface area contributed by atoms with Crippen molar-refractivity contribution in [3.8, 4) is 17.0 Å². The standard InChI is InChI=1S/C20H22N4O3/c1-14(11-15-3-9-19(25)10-4-15)21-12-17-13-23(2)22-20(17)16-5-7-18(8-6-16)24(26)27/h3-10,13-14,21,25H,11-12H2,1-2H3. The Morgan fingerprint density at radius 3 is 2.48 bits per heavy atom. The number of aromatic nitrogens is 2. The molecule has 140 valence electrons. The van der Waals surface area contributed by atoms with Gasteiger partial charge in [0, 0.05) is 49.1 Å². The Bertz CT molecular complexity index is 917. The molecule has 1 heterocycles. The van der Waals surface area contributed by atoms with Crippen molar-refractivity contribution >= 4 is 5.69 Å². The maximum absolute atomic E-state index is 10.8. The van der Waals surface area contributed by atoms with Gasteiger partial charge in [-0.15, -0.1) is 0 Å². The summed E-state index contributed by atoms with van der Waals surface area (Å²) in [6.45, 7) is 2.74. The Balaban J connectivity index is 1.68. The number of rotatable bonds is 7. The largest absolute Gasteiger partial charge is 0.508 e. The minimum Gasteiger partial charge on any atom is -0.508 e. The second kappa shape index (κ2) is 8.01. The molecule has 7 heteroatoms. The van der Waals surface area contributed by atoms with Crippen LogP contribution in [-0.4, -0.2) is 25.9 Å². The molecule has 0 fully saturated rings. The number of hydrogen-bond acceptors (Lipinski definition) is 5. The Morgan fingerprint density at radius 2 is 1.85 bits per heavy atom. The van der Waals surface area contributed by atoms with Gasteiger partial charge in [-0.3, -0.25) is 14.8 Å². The monoisotopic (exact) mass is 366 g/mol. The molecule has 7 nitrogen and oxygen atoms in total. The summed E-state index contributed by atoms with van der Waals surface area (Å²) in [4.78, 5) is 10.4. The number of benzene rings is 2. The van der Waals surface area contributed by atoms with E-state index >= 15 is 0 Å². The minimum absolute atomic E-state index is 0.0666. The zero-order valence-corrected chi connectivity index (χ0v) is 15.3. The highest BCUT2D eigenvalue weighted by atomic mass is 16.6. The van der Waals surface area contributed by atoms with Gasteiger partial charge in [-0.2, -0.15) is 5.10 Å². The minimum atomic E-state index is -0.407. The van der Waals surface area contributed by atoms with Crippen LogP contribution < -0.4 is 5.32 Å². The number of nitro benzene ring substituents is 1. The molecule has 0 aliphatic rings. The number of non-ortho nitro benzene ring substituents is 1. The van der Waals surface area contributed by atoms with Gasteiger partial charge in [0.25, 0.3) is 5.69 Å². The van der Waals surface area contributed by atoms with Gasteiger partial charge >= 0.3 is 0 Å². The molecule has 2 aromatic carbocycles. The summed E-state index contributed by atoms with van der Waals surface area (Å²) < 4.78 is 1.75. The Kier molecular flexibility index (Phi) is 5.52. The summed E-state index contributed by atoms with van der Waals surface area (Å²) in [5.74, 6) is 0.266. The molecule has 1 aromatic heterocycles. The molecule has 0 saturated carbocycles. The molecule has 0 aliphatic carbocycles. The van der Waals surface area contributed by atoms with E-state index in [0.29, 0.717) is 6.54 Å². The predicted molar refractivity (Wildman–Crippen MR) is 103 cm³/mol. The van der Waals surface area contributed by atoms with Crippen LogP contribution in [0.15, 0.2) is 54.7 Å². The Hall–Kier alpha value is -3.19. The first-order chi connectivity index (χ1) is 12.9. The Morgan fingerprint density at radius 1 is 1.19 bits per heavy atom. The first-order valence-corrected chi connectivity index (χ1v) is 8.71. The molecule has 27 heavy (non-hydrogen) atoms. The zero-order valence-electron chi connectivity index (χ0n) is 15.3. The van der Waals surface area contributed by atoms with Crippen molar-refractivity contribution in [2.75, 3.05) is 0 Å². The van der Waals surface area contributed by atoms with Crippen molar-refractivity contribution in [2.45, 2.75) is 25.9 Å². The van der Waals surface area contributed by atoms with Crippen LogP contribution in [0.2, 0.25) is 0 Å². The fraction of sp³-hybridized carbons (Fsp3) is 0.250. The van der Waals surface area contributed by atoms with Crippen molar-refractivity contribution in [1.29, 1.82) is 0 Å². The highest BCUT2D eigenvalue weighted by Gasteiger charge is 2.13. The molecule has 2 N–H and O–H groups in total. The number of nitrogens with zero attached hydrogens (tertiary/aromatic N) is 3. The van der Waals surface area contributed by atoms with Crippen LogP contribution in [-0.2, 0) is 20.0 Å². The average molecular weight is 366 g/mol. The lowest BCUT2D eigenvalue weighted by Crippen LogP contribution is -2.27. The molecule has 0 bridgehead atoms. The third-order valence-corrected chi connectivity index (χ3v) is 4.38. The van der Waals surface area contributed by atoms with Gasteiger partial charge in [-0.25, -0.2) is 0 Å². The van der Waals surface area contributed by atoms with E-state index in [1.54, 1.807) is 28.9 Å². The van der Waals surface area contributed by atoms with Crippen LogP contribution in [0, 0.1) is 10.1 Å². The number of hydrogen-bond donors (Lipinski definition) is 2. The number of phenols is 1. The summed E-state index contributed by atoms with van der Waals surface area (Å²) in [5.41, 5.74) is 3.91. The Labute approximate surface area is 157 Å². The van der Waals surface area contributed by atoms with Crippen LogP contribution in [0.1, 0.15) is 18.1 Å². The molecule has 0 saturated heterocycles. The van der Waals surface area contributed by atoms with Gasteiger partial charge in [0.2, 0.25) is 0 Å². The van der Waals surface area contributed by atoms with E-state index in [1.807, 2.05) is 25.4 Å². The van der Waals surface area contributed by atoms with Crippen LogP contribution >= 0.6 is 0 Å². The normalized spacial score (nSPS) is 12.1. The molecule has 3 rings (SSSR count). The third-order valence-electron chi connectivity index (χ3n) is 4.38. The van der Waals surface area contributed by atoms with E-state index in [2.05, 4.69) is 17.3 Å². The van der Waals surface area contributed by atoms with Crippen molar-refractivity contribution < 1.29 is 10.0 Å². The quantitative estimate of drug-likeness (QED) is 0.494. The first-order valence-electron chi connectivity index (χ1n) is 8.71. The van der Waals surface area contributed by atoms with Crippen LogP contribution in [0.25, 0.3) is 11.3 Å². The van der Waals surface area contributed by atoms with Crippen molar-refractivity contribution in [3.63, 3.8) is 0 Å². The number of aryl methyl sites for hydroxylation is 1. The van der Waals surface area contributed by atoms with E-state index in [1.165, 1.54) is 12.1 Å². The van der Waals surface area contributed by atoms with E-state index in [0.717, 1.165) is 28.8 Å². The zero-order chi connectivity index (χ0) is 19.4. The summed E-state index contributed by atoms with van der Waals surface area (Å²) in [6, 6.07) is 13.9. The molecule has 1 atom stereocenters. The summed E-state index contributed by atoms with van der Waals surface area (Å²) in [7, 11) is 1.86. The lowest BCUT2D eigenvalue weighted by molar-refractivity contribution is -0.384. The average Bonchev–Trinajstić information content (AvgIpc) is 3.03. The van der Waals surface area contributed by atoms with Crippen molar-refractivity contribution in [3.05, 3.63) is 76.0 Å². The highest BCUT2D eigenvalue weighted by molar-refractivity contribution is 5.64. The van der Waals surface area contributed by atoms with Gasteiger partial charge in [0.15, 0.2) is 0 Å². The lowest BCUT2D eigenvalue weighted by atomic mass is 10.1. The number of phenolic OH excluding ortho intramolecular Hbond substituents is 1. The number of nitro groups is 1. The third kappa shape index (κ3) is 4.71. The summed E-state index contributed by atoms with van der Waals surface area (Å²) in [5, 5.41) is 28.2. The molecular weight excluding hydrogens is 344 g/mol. The topological polar surface area (TPSA) is 93.2 Å². The molecular formula is C20H22N4O3. The van der Waals surface area contributed by atoms with Crippen molar-refractivity contribution in [1.82, 2.24) is 15.1 Å². The summed E-state index contributed by atoms with van der Waals surface area (Å²) in [6.07, 6.45) is 2.80. The highest BCUT2D eigenvalue weighted by Crippen LogP contribution is 2.24. The van der Waals surface area contributed by atoms with Crippen LogP contribution in [0.5, 0.6) is 5.75 Å². The fourth-order valence-electron chi connectivity index (χ4n) is 2.99. The van der Waals surface area contributed by atoms with Gasteiger partial charge in [-0.1, -0.05) is 12.1 Å². The second-order valence-electron chi connectivity index (χ2n) is 6.63. The fourth-order valence-corrected chi connectivity index (χ4v) is 2.99. The lowest BCUT2D eigenvalue weighted by Gasteiger charge is -2.14. The van der Waals surface area contributed by atoms with Gasteiger partial charge in [-0.05, 0) is 43.2 Å². The van der Waals surface area contributed by atoms with E-state index in [4.69, 9.17) is 0 Å². The molecule has 3 aromatic rings. The van der Waals surface area contributed by atoms with Crippen LogP contribution in [0.3, 0.4) is 0 Å². The smallest absolute Gasteiger partial charge is 0.269 e.